The van der Waals surface area contributed by atoms with Gasteiger partial charge in [-0.1, -0.05) is 70.1 Å². The number of nitrogens with one attached hydrogen (secondary N) is 4. The van der Waals surface area contributed by atoms with Gasteiger partial charge in [0.25, 0.3) is 11.8 Å². The van der Waals surface area contributed by atoms with Crippen LogP contribution in [0.4, 0.5) is 22.7 Å². The van der Waals surface area contributed by atoms with Gasteiger partial charge >= 0.3 is 0 Å². The fraction of sp³-hybridized carbons (Fsp3) is 0.265. The van der Waals surface area contributed by atoms with Gasteiger partial charge in [0.1, 0.15) is 12.4 Å². The molecule has 0 saturated carbocycles. The Morgan fingerprint density at radius 3 is 1.67 bits per heavy atom. The number of imidazole rings is 1. The van der Waals surface area contributed by atoms with Gasteiger partial charge in [-0.15, -0.1) is 0 Å². The van der Waals surface area contributed by atoms with Crippen LogP contribution in [0.25, 0.3) is 0 Å². The summed E-state index contributed by atoms with van der Waals surface area (Å²) in [5, 5.41) is 12.6. The predicted molar refractivity (Wildman–Crippen MR) is 259 cm³/mol. The van der Waals surface area contributed by atoms with Crippen LogP contribution in [-0.2, 0) is 22.7 Å². The van der Waals surface area contributed by atoms with E-state index in [-0.39, 0.29) is 70.8 Å². The molecule has 0 saturated heterocycles. The number of nitrogen functional groups attached to an aromatic ring is 2. The minimum atomic E-state index is -0.246. The third kappa shape index (κ3) is 10.3. The van der Waals surface area contributed by atoms with Gasteiger partial charge in [0.05, 0.1) is 34.7 Å². The molecule has 66 heavy (non-hydrogen) atoms. The van der Waals surface area contributed by atoms with Crippen molar-refractivity contribution in [1.29, 1.82) is 0 Å². The molecule has 1 atom stereocenters. The minimum Gasteiger partial charge on any atom is -0.398 e. The van der Waals surface area contributed by atoms with Crippen molar-refractivity contribution in [3.05, 3.63) is 148 Å². The number of rotatable bonds is 21. The number of carbonyl (C=O) groups excluding carboxylic acids is 6. The zero-order valence-electron chi connectivity index (χ0n) is 36.2. The van der Waals surface area contributed by atoms with Crippen LogP contribution in [0, 0.1) is 5.92 Å². The van der Waals surface area contributed by atoms with Crippen LogP contribution >= 0.6 is 21.6 Å². The fourth-order valence-electron chi connectivity index (χ4n) is 8.37. The number of ketones is 4. The van der Waals surface area contributed by atoms with E-state index in [1.54, 1.807) is 94.4 Å². The third-order valence-electron chi connectivity index (χ3n) is 11.6. The Hall–Kier alpha value is -6.98. The second kappa shape index (κ2) is 20.9. The van der Waals surface area contributed by atoms with Crippen LogP contribution in [0.2, 0.25) is 0 Å². The van der Waals surface area contributed by atoms with Gasteiger partial charge in [-0.25, -0.2) is 9.13 Å². The molecule has 4 aromatic carbocycles. The van der Waals surface area contributed by atoms with Crippen LogP contribution in [0.3, 0.4) is 0 Å². The first kappa shape index (κ1) is 45.6. The molecule has 2 amide bonds. The normalized spacial score (nSPS) is 14.5. The molecule has 0 bridgehead atoms. The quantitative estimate of drug-likeness (QED) is 0.0250. The van der Waals surface area contributed by atoms with Gasteiger partial charge in [-0.05, 0) is 43.2 Å². The lowest BCUT2D eigenvalue weighted by Crippen LogP contribution is -2.42. The summed E-state index contributed by atoms with van der Waals surface area (Å²) < 4.78 is 5.71. The van der Waals surface area contributed by atoms with E-state index in [0.717, 1.165) is 30.8 Å². The van der Waals surface area contributed by atoms with E-state index in [0.29, 0.717) is 83.2 Å². The largest absolute Gasteiger partial charge is 0.398 e. The highest BCUT2D eigenvalue weighted by Crippen LogP contribution is 2.37. The van der Waals surface area contributed by atoms with Crippen LogP contribution in [0.1, 0.15) is 82.9 Å². The molecule has 1 aliphatic heterocycles. The smallest absolute Gasteiger partial charge is 0.286 e. The lowest BCUT2D eigenvalue weighted by Gasteiger charge is -2.22. The SMILES string of the molecule is Nc1ccc(NCCCC2C=C[N+](CC(=O)NCCSSCCNC(=O)C[n+]3ccn(CCCNc4ccc(N)c5c4C(=O)c4ccccc4C5=O)c3)=C2)c2c1C(=O)c1ccccc1C2=O. The second-order valence-corrected chi connectivity index (χ2v) is 18.9. The number of nitrogens with zero attached hydrogens (tertiary/aromatic N) is 3. The van der Waals surface area contributed by atoms with Crippen LogP contribution in [0.5, 0.6) is 0 Å². The number of carbonyl (C=O) groups is 6. The predicted octanol–water partition coefficient (Wildman–Crippen LogP) is 4.73. The molecule has 17 heteroatoms. The van der Waals surface area contributed by atoms with Crippen LogP contribution in [0.15, 0.2) is 104 Å². The maximum atomic E-state index is 13.4. The minimum absolute atomic E-state index is 0.0624. The number of aryl methyl sites for hydroxylation is 1. The monoisotopic (exact) mass is 925 g/mol. The lowest BCUT2D eigenvalue weighted by atomic mass is 9.82. The highest BCUT2D eigenvalue weighted by molar-refractivity contribution is 8.76. The number of allylic oxidation sites excluding steroid dienone is 1. The summed E-state index contributed by atoms with van der Waals surface area (Å²) in [5.41, 5.74) is 16.7. The van der Waals surface area contributed by atoms with Gasteiger partial charge in [-0.2, -0.15) is 4.58 Å². The van der Waals surface area contributed by atoms with E-state index < -0.39 is 0 Å². The van der Waals surface area contributed by atoms with Gasteiger partial charge in [0.15, 0.2) is 42.1 Å². The Balaban J connectivity index is 0.658. The lowest BCUT2D eigenvalue weighted by molar-refractivity contribution is -0.684. The summed E-state index contributed by atoms with van der Waals surface area (Å²) in [6.45, 7) is 3.32. The van der Waals surface area contributed by atoms with Gasteiger partial charge in [0, 0.05) is 89.1 Å². The molecule has 0 spiro atoms. The zero-order chi connectivity index (χ0) is 46.2. The Morgan fingerprint density at radius 2 is 1.12 bits per heavy atom. The number of nitrogens with two attached hydrogens (primary N) is 2. The molecule has 1 aromatic heterocycles. The molecule has 2 aliphatic carbocycles. The maximum absolute atomic E-state index is 13.4. The van der Waals surface area contributed by atoms with Crippen molar-refractivity contribution in [3.63, 3.8) is 0 Å². The van der Waals surface area contributed by atoms with E-state index in [1.165, 1.54) is 0 Å². The summed E-state index contributed by atoms with van der Waals surface area (Å²) in [5.74, 6) is 0.579. The Morgan fingerprint density at radius 1 is 0.621 bits per heavy atom. The average molecular weight is 926 g/mol. The topological polar surface area (TPSA) is 214 Å². The molecular weight excluding hydrogens is 875 g/mol. The van der Waals surface area contributed by atoms with Crippen molar-refractivity contribution in [2.24, 2.45) is 5.92 Å². The average Bonchev–Trinajstić information content (AvgIpc) is 3.97. The Kier molecular flexibility index (Phi) is 14.4. The van der Waals surface area contributed by atoms with Crippen molar-refractivity contribution in [1.82, 2.24) is 15.2 Å². The van der Waals surface area contributed by atoms with E-state index in [4.69, 9.17) is 11.5 Å². The molecule has 8 N–H and O–H groups in total. The molecule has 2 heterocycles. The highest BCUT2D eigenvalue weighted by Gasteiger charge is 2.34. The summed E-state index contributed by atoms with van der Waals surface area (Å²) >= 11 is 0. The van der Waals surface area contributed by atoms with Crippen molar-refractivity contribution in [2.45, 2.75) is 32.4 Å². The van der Waals surface area contributed by atoms with Crippen molar-refractivity contribution >= 4 is 85.5 Å². The first-order valence-corrected chi connectivity index (χ1v) is 24.4. The molecule has 15 nitrogen and oxygen atoms in total. The van der Waals surface area contributed by atoms with Crippen LogP contribution < -0.4 is 37.3 Å². The third-order valence-corrected chi connectivity index (χ3v) is 14.0. The van der Waals surface area contributed by atoms with E-state index >= 15 is 0 Å². The van der Waals surface area contributed by atoms with Crippen molar-refractivity contribution < 1.29 is 37.9 Å². The van der Waals surface area contributed by atoms with Crippen molar-refractivity contribution in [3.8, 4) is 0 Å². The fourth-order valence-corrected chi connectivity index (χ4v) is 10.2. The molecule has 0 fully saturated rings. The first-order valence-electron chi connectivity index (χ1n) is 21.9. The van der Waals surface area contributed by atoms with Crippen molar-refractivity contribution in [2.75, 3.05) is 66.3 Å². The van der Waals surface area contributed by atoms with Crippen LogP contribution in [-0.4, -0.2) is 94.5 Å². The van der Waals surface area contributed by atoms with Gasteiger partial charge < -0.3 is 32.7 Å². The molecule has 0 radical (unpaired) electrons. The number of fused-ring (bicyclic) bond motifs is 4. The number of benzene rings is 4. The molecule has 3 aliphatic rings. The summed E-state index contributed by atoms with van der Waals surface area (Å²) in [6.07, 6.45) is 14.1. The molecule has 5 aromatic rings. The van der Waals surface area contributed by atoms with E-state index in [1.807, 2.05) is 44.8 Å². The molecular formula is C49H51N9O6S2+2. The number of aromatic nitrogens is 2. The standard InChI is InChI=1S/C49H49N9O6S2/c50-36-12-14-38(44-42(36)46(61)32-8-1-3-10-34(32)48(44)63)52-17-5-7-31-16-22-57(27-31)28-40(59)54-19-25-65-66-26-20-55-41(60)29-58-24-23-56(30-58)21-6-18-53-39-15-13-37(51)43-45(39)49(64)35-11-4-2-9-33(35)47(43)62/h1-4,8-16,22-24,27,30-31H,5-7,17-21,25-26,28-29H2,(H6-2,50,51,52,53,54,55,59,60,61,62,63,64)/p+2. The summed E-state index contributed by atoms with van der Waals surface area (Å²) in [6, 6.07) is 20.4. The number of anilines is 4. The molecule has 1 unspecified atom stereocenters. The molecule has 8 rings (SSSR count). The van der Waals surface area contributed by atoms with Gasteiger partial charge in [-0.3, -0.25) is 28.8 Å². The number of hydrogen-bond acceptors (Lipinski definition) is 12. The maximum Gasteiger partial charge on any atom is 0.286 e. The Labute approximate surface area is 389 Å². The summed E-state index contributed by atoms with van der Waals surface area (Å²) in [4.78, 5) is 78.3. The zero-order valence-corrected chi connectivity index (χ0v) is 37.9. The Bertz CT molecular complexity index is 2800. The van der Waals surface area contributed by atoms with E-state index in [9.17, 15) is 28.8 Å². The number of amides is 2. The first-order chi connectivity index (χ1) is 32.1. The molecule has 338 valence electrons. The van der Waals surface area contributed by atoms with Gasteiger partial charge in [0.2, 0.25) is 12.9 Å². The number of hydrogen-bond donors (Lipinski definition) is 6. The second-order valence-electron chi connectivity index (χ2n) is 16.2. The highest BCUT2D eigenvalue weighted by atomic mass is 33.1. The summed E-state index contributed by atoms with van der Waals surface area (Å²) in [7, 11) is 3.28. The van der Waals surface area contributed by atoms with E-state index in [2.05, 4.69) is 27.3 Å².